The molecule has 2 saturated heterocycles. The van der Waals surface area contributed by atoms with Crippen molar-refractivity contribution in [1.29, 1.82) is 0 Å². The third-order valence-corrected chi connectivity index (χ3v) is 5.75. The van der Waals surface area contributed by atoms with Crippen LogP contribution in [0.3, 0.4) is 0 Å². The Hall–Kier alpha value is -1.44. The normalized spacial score (nSPS) is 21.2. The van der Waals surface area contributed by atoms with Gasteiger partial charge in [0.05, 0.1) is 23.7 Å². The van der Waals surface area contributed by atoms with E-state index in [1.54, 1.807) is 0 Å². The van der Waals surface area contributed by atoms with Gasteiger partial charge in [-0.2, -0.15) is 4.31 Å². The van der Waals surface area contributed by atoms with Crippen LogP contribution in [0, 0.1) is 11.8 Å². The van der Waals surface area contributed by atoms with Crippen LogP contribution in [0.25, 0.3) is 0 Å². The molecule has 7 heteroatoms. The Kier molecular flexibility index (Phi) is 3.27. The highest BCUT2D eigenvalue weighted by molar-refractivity contribution is 7.89. The van der Waals surface area contributed by atoms with Crippen LogP contribution in [0.15, 0.2) is 29.2 Å². The molecule has 0 aromatic heterocycles. The Labute approximate surface area is 117 Å². The van der Waals surface area contributed by atoms with Crippen LogP contribution in [0.5, 0.6) is 0 Å². The number of carboxylic acids is 1. The number of benzene rings is 1. The third-order valence-electron chi connectivity index (χ3n) is 3.93. The first-order valence-corrected chi connectivity index (χ1v) is 7.84. The fraction of sp³-hybridized carbons (Fsp3) is 0.462. The minimum Gasteiger partial charge on any atom is -0.478 e. The summed E-state index contributed by atoms with van der Waals surface area (Å²) < 4.78 is 31.2. The maximum absolute atomic E-state index is 12.4. The highest BCUT2D eigenvalue weighted by Gasteiger charge is 2.42. The molecule has 2 aliphatic heterocycles. The van der Waals surface area contributed by atoms with Crippen molar-refractivity contribution in [2.75, 3.05) is 26.3 Å². The van der Waals surface area contributed by atoms with Gasteiger partial charge >= 0.3 is 5.97 Å². The van der Waals surface area contributed by atoms with Crippen molar-refractivity contribution in [3.05, 3.63) is 29.8 Å². The molecule has 0 amide bonds. The topological polar surface area (TPSA) is 83.9 Å². The number of carbonyl (C=O) groups is 1. The van der Waals surface area contributed by atoms with Crippen molar-refractivity contribution < 1.29 is 23.1 Å². The molecule has 6 nitrogen and oxygen atoms in total. The lowest BCUT2D eigenvalue weighted by molar-refractivity contribution is -0.0840. The van der Waals surface area contributed by atoms with Gasteiger partial charge in [0.25, 0.3) is 0 Å². The Morgan fingerprint density at radius 2 is 1.95 bits per heavy atom. The van der Waals surface area contributed by atoms with Crippen LogP contribution in [0.1, 0.15) is 10.4 Å². The van der Waals surface area contributed by atoms with E-state index in [1.807, 2.05) is 0 Å². The first-order valence-electron chi connectivity index (χ1n) is 6.40. The van der Waals surface area contributed by atoms with E-state index in [9.17, 15) is 13.2 Å². The molecule has 0 bridgehead atoms. The van der Waals surface area contributed by atoms with Gasteiger partial charge in [0.1, 0.15) is 0 Å². The number of ether oxygens (including phenoxy) is 1. The van der Waals surface area contributed by atoms with Crippen LogP contribution in [0.2, 0.25) is 0 Å². The summed E-state index contributed by atoms with van der Waals surface area (Å²) in [6.07, 6.45) is 0. The summed E-state index contributed by atoms with van der Waals surface area (Å²) in [5, 5.41) is 8.92. The molecule has 2 heterocycles. The third kappa shape index (κ3) is 2.21. The van der Waals surface area contributed by atoms with Crippen molar-refractivity contribution >= 4 is 16.0 Å². The molecule has 0 spiro atoms. The lowest BCUT2D eigenvalue weighted by atomic mass is 9.86. The number of nitrogens with zero attached hydrogens (tertiary/aromatic N) is 1. The standard InChI is InChI=1S/C13H15NO5S/c15-13(16)9-2-1-3-12(4-9)20(17,18)14-5-10(6-14)11-7-19-8-11/h1-4,10-11H,5-8H2,(H,15,16). The SMILES string of the molecule is O=C(O)c1cccc(S(=O)(=O)N2CC(C3COC3)C2)c1. The largest absolute Gasteiger partial charge is 0.478 e. The van der Waals surface area contributed by atoms with E-state index in [4.69, 9.17) is 9.84 Å². The fourth-order valence-corrected chi connectivity index (χ4v) is 4.03. The van der Waals surface area contributed by atoms with E-state index in [0.717, 1.165) is 0 Å². The first-order chi connectivity index (χ1) is 9.48. The first kappa shape index (κ1) is 13.5. The molecule has 2 aliphatic rings. The Morgan fingerprint density at radius 3 is 2.50 bits per heavy atom. The van der Waals surface area contributed by atoms with Crippen molar-refractivity contribution in [3.63, 3.8) is 0 Å². The van der Waals surface area contributed by atoms with Gasteiger partial charge in [-0.15, -0.1) is 0 Å². The molecule has 2 fully saturated rings. The Balaban J connectivity index is 1.75. The van der Waals surface area contributed by atoms with E-state index in [-0.39, 0.29) is 10.5 Å². The van der Waals surface area contributed by atoms with Gasteiger partial charge in [0.15, 0.2) is 0 Å². The maximum atomic E-state index is 12.4. The van der Waals surface area contributed by atoms with Gasteiger partial charge in [-0.25, -0.2) is 13.2 Å². The molecule has 0 atom stereocenters. The van der Waals surface area contributed by atoms with Gasteiger partial charge in [0, 0.05) is 19.0 Å². The van der Waals surface area contributed by atoms with Crippen molar-refractivity contribution in [2.24, 2.45) is 11.8 Å². The molecule has 0 saturated carbocycles. The van der Waals surface area contributed by atoms with Crippen molar-refractivity contribution in [1.82, 2.24) is 4.31 Å². The van der Waals surface area contributed by atoms with E-state index in [2.05, 4.69) is 0 Å². The van der Waals surface area contributed by atoms with Crippen molar-refractivity contribution in [2.45, 2.75) is 4.90 Å². The van der Waals surface area contributed by atoms with Crippen molar-refractivity contribution in [3.8, 4) is 0 Å². The lowest BCUT2D eigenvalue weighted by Gasteiger charge is -2.45. The average Bonchev–Trinajstić information content (AvgIpc) is 2.30. The zero-order chi connectivity index (χ0) is 14.3. The number of hydrogen-bond acceptors (Lipinski definition) is 4. The highest BCUT2D eigenvalue weighted by atomic mass is 32.2. The van der Waals surface area contributed by atoms with Gasteiger partial charge < -0.3 is 9.84 Å². The van der Waals surface area contributed by atoms with Gasteiger partial charge in [-0.05, 0) is 24.1 Å². The second-order valence-electron chi connectivity index (χ2n) is 5.21. The van der Waals surface area contributed by atoms with E-state index in [0.29, 0.717) is 38.1 Å². The number of hydrogen-bond donors (Lipinski definition) is 1. The van der Waals surface area contributed by atoms with Crippen LogP contribution in [-0.2, 0) is 14.8 Å². The van der Waals surface area contributed by atoms with Crippen LogP contribution < -0.4 is 0 Å². The molecule has 3 rings (SSSR count). The Bertz CT molecular complexity index is 632. The lowest BCUT2D eigenvalue weighted by Crippen LogP contribution is -2.56. The molecule has 0 unspecified atom stereocenters. The summed E-state index contributed by atoms with van der Waals surface area (Å²) >= 11 is 0. The van der Waals surface area contributed by atoms with E-state index >= 15 is 0 Å². The smallest absolute Gasteiger partial charge is 0.335 e. The molecule has 1 aromatic rings. The number of aromatic carboxylic acids is 1. The minimum absolute atomic E-state index is 0.0180. The number of sulfonamides is 1. The molecule has 1 N–H and O–H groups in total. The van der Waals surface area contributed by atoms with Crippen LogP contribution in [0.4, 0.5) is 0 Å². The highest BCUT2D eigenvalue weighted by Crippen LogP contribution is 2.33. The maximum Gasteiger partial charge on any atom is 0.335 e. The van der Waals surface area contributed by atoms with Gasteiger partial charge in [-0.3, -0.25) is 0 Å². The second-order valence-corrected chi connectivity index (χ2v) is 7.15. The van der Waals surface area contributed by atoms with Gasteiger partial charge in [-0.1, -0.05) is 6.07 Å². The van der Waals surface area contributed by atoms with Crippen LogP contribution in [-0.4, -0.2) is 50.1 Å². The Morgan fingerprint density at radius 1 is 1.25 bits per heavy atom. The quantitative estimate of drug-likeness (QED) is 0.882. The van der Waals surface area contributed by atoms with E-state index < -0.39 is 16.0 Å². The average molecular weight is 297 g/mol. The monoisotopic (exact) mass is 297 g/mol. The predicted molar refractivity (Wildman–Crippen MR) is 70.0 cm³/mol. The summed E-state index contributed by atoms with van der Waals surface area (Å²) in [5.74, 6) is -0.303. The summed E-state index contributed by atoms with van der Waals surface area (Å²) in [4.78, 5) is 10.9. The molecule has 108 valence electrons. The molecular formula is C13H15NO5S. The number of rotatable bonds is 4. The molecule has 0 radical (unpaired) electrons. The zero-order valence-electron chi connectivity index (χ0n) is 10.7. The van der Waals surface area contributed by atoms with E-state index in [1.165, 1.54) is 28.6 Å². The molecule has 1 aromatic carbocycles. The summed E-state index contributed by atoms with van der Waals surface area (Å²) in [5.41, 5.74) is -0.0180. The summed E-state index contributed by atoms with van der Waals surface area (Å²) in [6, 6.07) is 5.47. The molecule has 20 heavy (non-hydrogen) atoms. The predicted octanol–water partition coefficient (Wildman–Crippen LogP) is 0.652. The molecular weight excluding hydrogens is 282 g/mol. The van der Waals surface area contributed by atoms with Gasteiger partial charge in [0.2, 0.25) is 10.0 Å². The minimum atomic E-state index is -3.58. The van der Waals surface area contributed by atoms with Crippen LogP contribution >= 0.6 is 0 Å². The molecule has 0 aliphatic carbocycles. The number of carboxylic acid groups (broad SMARTS) is 1. The summed E-state index contributed by atoms with van der Waals surface area (Å²) in [6.45, 7) is 2.42. The fourth-order valence-electron chi connectivity index (χ4n) is 2.43. The second kappa shape index (κ2) is 4.83. The summed E-state index contributed by atoms with van der Waals surface area (Å²) in [7, 11) is -3.58. The zero-order valence-corrected chi connectivity index (χ0v) is 11.5.